The van der Waals surface area contributed by atoms with Crippen LogP contribution < -0.4 is 5.32 Å². The zero-order valence-corrected chi connectivity index (χ0v) is 18.7. The number of thioether (sulfide) groups is 1. The van der Waals surface area contributed by atoms with Gasteiger partial charge in [-0.2, -0.15) is 0 Å². The quantitative estimate of drug-likeness (QED) is 0.294. The molecule has 0 spiro atoms. The Morgan fingerprint density at radius 2 is 1.64 bits per heavy atom. The van der Waals surface area contributed by atoms with Crippen LogP contribution in [-0.2, 0) is 11.3 Å². The van der Waals surface area contributed by atoms with Gasteiger partial charge in [-0.25, -0.2) is 4.39 Å². The molecule has 0 aliphatic heterocycles. The van der Waals surface area contributed by atoms with Crippen LogP contribution in [0.3, 0.4) is 0 Å². The van der Waals surface area contributed by atoms with Gasteiger partial charge < -0.3 is 5.32 Å². The summed E-state index contributed by atoms with van der Waals surface area (Å²) in [4.78, 5) is 23.9. The molecule has 1 amide bonds. The number of ketones is 1. The van der Waals surface area contributed by atoms with Gasteiger partial charge in [0, 0.05) is 23.7 Å². The standard InChI is InChI=1S/C25H21FN4O2S/c1-17(31)27-22-13-9-19(10-14-22)23(32)16-33-25-29-28-24(20-7-11-21(26)12-8-20)30(25)15-18-5-3-2-4-6-18/h2-14H,15-16H2,1H3,(H,27,31). The average molecular weight is 461 g/mol. The summed E-state index contributed by atoms with van der Waals surface area (Å²) in [6, 6.07) is 22.7. The first-order valence-corrected chi connectivity index (χ1v) is 11.2. The maximum Gasteiger partial charge on any atom is 0.221 e. The van der Waals surface area contributed by atoms with E-state index in [2.05, 4.69) is 15.5 Å². The van der Waals surface area contributed by atoms with Crippen LogP contribution in [0.1, 0.15) is 22.8 Å². The Morgan fingerprint density at radius 3 is 2.30 bits per heavy atom. The van der Waals surface area contributed by atoms with E-state index in [1.54, 1.807) is 36.4 Å². The number of aromatic nitrogens is 3. The smallest absolute Gasteiger partial charge is 0.221 e. The van der Waals surface area contributed by atoms with Crippen LogP contribution in [0.2, 0.25) is 0 Å². The van der Waals surface area contributed by atoms with Crippen molar-refractivity contribution in [3.8, 4) is 11.4 Å². The number of benzene rings is 3. The lowest BCUT2D eigenvalue weighted by molar-refractivity contribution is -0.114. The van der Waals surface area contributed by atoms with E-state index in [9.17, 15) is 14.0 Å². The predicted octanol–water partition coefficient (Wildman–Crippen LogP) is 5.07. The first-order chi connectivity index (χ1) is 16.0. The van der Waals surface area contributed by atoms with E-state index in [-0.39, 0.29) is 23.3 Å². The lowest BCUT2D eigenvalue weighted by Crippen LogP contribution is -2.08. The molecule has 6 nitrogen and oxygen atoms in total. The van der Waals surface area contributed by atoms with Gasteiger partial charge >= 0.3 is 0 Å². The first-order valence-electron chi connectivity index (χ1n) is 10.3. The van der Waals surface area contributed by atoms with Crippen LogP contribution in [0.15, 0.2) is 84.0 Å². The summed E-state index contributed by atoms with van der Waals surface area (Å²) in [5, 5.41) is 11.9. The topological polar surface area (TPSA) is 76.9 Å². The van der Waals surface area contributed by atoms with E-state index < -0.39 is 0 Å². The molecule has 33 heavy (non-hydrogen) atoms. The summed E-state index contributed by atoms with van der Waals surface area (Å²) in [5.74, 6) is 0.230. The molecule has 0 radical (unpaired) electrons. The molecule has 0 saturated carbocycles. The molecule has 0 aliphatic carbocycles. The average Bonchev–Trinajstić information content (AvgIpc) is 3.21. The fourth-order valence-electron chi connectivity index (χ4n) is 3.27. The van der Waals surface area contributed by atoms with E-state index in [1.807, 2.05) is 34.9 Å². The van der Waals surface area contributed by atoms with Crippen LogP contribution in [-0.4, -0.2) is 32.2 Å². The third-order valence-electron chi connectivity index (χ3n) is 4.86. The molecule has 0 saturated heterocycles. The molecule has 1 aromatic heterocycles. The Bertz CT molecular complexity index is 1260. The lowest BCUT2D eigenvalue weighted by Gasteiger charge is -2.10. The number of carbonyl (C=O) groups excluding carboxylic acids is 2. The second-order valence-corrected chi connectivity index (χ2v) is 8.30. The van der Waals surface area contributed by atoms with E-state index in [0.29, 0.717) is 28.8 Å². The van der Waals surface area contributed by atoms with Crippen molar-refractivity contribution in [2.24, 2.45) is 0 Å². The Balaban J connectivity index is 1.54. The van der Waals surface area contributed by atoms with Gasteiger partial charge in [0.25, 0.3) is 0 Å². The Hall–Kier alpha value is -3.78. The highest BCUT2D eigenvalue weighted by Gasteiger charge is 2.17. The van der Waals surface area contributed by atoms with Gasteiger partial charge in [0.2, 0.25) is 5.91 Å². The molecule has 8 heteroatoms. The monoisotopic (exact) mass is 460 g/mol. The fourth-order valence-corrected chi connectivity index (χ4v) is 4.10. The number of nitrogens with zero attached hydrogens (tertiary/aromatic N) is 3. The number of hydrogen-bond acceptors (Lipinski definition) is 5. The van der Waals surface area contributed by atoms with Crippen LogP contribution >= 0.6 is 11.8 Å². The molecule has 3 aromatic carbocycles. The second kappa shape index (κ2) is 10.2. The van der Waals surface area contributed by atoms with Gasteiger partial charge in [-0.3, -0.25) is 14.2 Å². The number of hydrogen-bond donors (Lipinski definition) is 1. The first kappa shape index (κ1) is 22.4. The molecule has 1 N–H and O–H groups in total. The third-order valence-corrected chi connectivity index (χ3v) is 5.83. The second-order valence-electron chi connectivity index (χ2n) is 7.36. The fraction of sp³-hybridized carbons (Fsp3) is 0.120. The summed E-state index contributed by atoms with van der Waals surface area (Å²) in [6.07, 6.45) is 0. The Labute approximate surface area is 194 Å². The highest BCUT2D eigenvalue weighted by atomic mass is 32.2. The SMILES string of the molecule is CC(=O)Nc1ccc(C(=O)CSc2nnc(-c3ccc(F)cc3)n2Cc2ccccc2)cc1. The van der Waals surface area contributed by atoms with E-state index in [1.165, 1.54) is 30.8 Å². The number of nitrogens with one attached hydrogen (secondary N) is 1. The summed E-state index contributed by atoms with van der Waals surface area (Å²) in [7, 11) is 0. The Kier molecular flexibility index (Phi) is 6.95. The molecule has 0 bridgehead atoms. The van der Waals surface area contributed by atoms with E-state index in [0.717, 1.165) is 11.1 Å². The molecular weight excluding hydrogens is 439 g/mol. The van der Waals surface area contributed by atoms with Crippen LogP contribution in [0.5, 0.6) is 0 Å². The molecule has 4 rings (SSSR count). The molecule has 0 unspecified atom stereocenters. The van der Waals surface area contributed by atoms with Gasteiger partial charge in [0.05, 0.1) is 12.3 Å². The molecular formula is C25H21FN4O2S. The van der Waals surface area contributed by atoms with Crippen molar-refractivity contribution in [2.45, 2.75) is 18.6 Å². The van der Waals surface area contributed by atoms with Gasteiger partial charge in [0.1, 0.15) is 5.82 Å². The van der Waals surface area contributed by atoms with Crippen molar-refractivity contribution in [2.75, 3.05) is 11.1 Å². The molecule has 166 valence electrons. The van der Waals surface area contributed by atoms with Crippen LogP contribution in [0.25, 0.3) is 11.4 Å². The largest absolute Gasteiger partial charge is 0.326 e. The maximum atomic E-state index is 13.4. The normalized spacial score (nSPS) is 10.7. The number of rotatable bonds is 8. The summed E-state index contributed by atoms with van der Waals surface area (Å²) >= 11 is 1.30. The summed E-state index contributed by atoms with van der Waals surface area (Å²) < 4.78 is 15.3. The highest BCUT2D eigenvalue weighted by molar-refractivity contribution is 7.99. The zero-order chi connectivity index (χ0) is 23.2. The van der Waals surface area contributed by atoms with Gasteiger partial charge in [-0.1, -0.05) is 42.1 Å². The molecule has 0 atom stereocenters. The van der Waals surface area contributed by atoms with Crippen molar-refractivity contribution in [3.63, 3.8) is 0 Å². The maximum absolute atomic E-state index is 13.4. The highest BCUT2D eigenvalue weighted by Crippen LogP contribution is 2.26. The van der Waals surface area contributed by atoms with Gasteiger partial charge in [-0.15, -0.1) is 10.2 Å². The molecule has 1 heterocycles. The van der Waals surface area contributed by atoms with Crippen molar-refractivity contribution in [1.29, 1.82) is 0 Å². The summed E-state index contributed by atoms with van der Waals surface area (Å²) in [5.41, 5.74) is 2.98. The third kappa shape index (κ3) is 5.72. The number of amides is 1. The van der Waals surface area contributed by atoms with Crippen molar-refractivity contribution in [1.82, 2.24) is 14.8 Å². The van der Waals surface area contributed by atoms with Gasteiger partial charge in [0.15, 0.2) is 16.8 Å². The van der Waals surface area contributed by atoms with E-state index >= 15 is 0 Å². The number of anilines is 1. The number of carbonyl (C=O) groups is 2. The molecule has 0 aliphatic rings. The number of halogens is 1. The van der Waals surface area contributed by atoms with Crippen LogP contribution in [0, 0.1) is 5.82 Å². The van der Waals surface area contributed by atoms with Crippen molar-refractivity contribution in [3.05, 3.63) is 95.8 Å². The Morgan fingerprint density at radius 1 is 0.939 bits per heavy atom. The minimum atomic E-state index is -0.322. The molecule has 4 aromatic rings. The van der Waals surface area contributed by atoms with Crippen LogP contribution in [0.4, 0.5) is 10.1 Å². The predicted molar refractivity (Wildman–Crippen MR) is 127 cm³/mol. The summed E-state index contributed by atoms with van der Waals surface area (Å²) in [6.45, 7) is 1.95. The minimum Gasteiger partial charge on any atom is -0.326 e. The van der Waals surface area contributed by atoms with Crippen molar-refractivity contribution >= 4 is 29.1 Å². The lowest BCUT2D eigenvalue weighted by atomic mass is 10.1. The van der Waals surface area contributed by atoms with E-state index in [4.69, 9.17) is 0 Å². The number of Topliss-reactive ketones (excluding diaryl/α,β-unsaturated/α-hetero) is 1. The van der Waals surface area contributed by atoms with Gasteiger partial charge in [-0.05, 0) is 54.1 Å². The molecule has 0 fully saturated rings. The minimum absolute atomic E-state index is 0.0630. The van der Waals surface area contributed by atoms with Crippen molar-refractivity contribution < 1.29 is 14.0 Å². The zero-order valence-electron chi connectivity index (χ0n) is 17.9.